The van der Waals surface area contributed by atoms with Gasteiger partial charge in [0, 0.05) is 0 Å². The van der Waals surface area contributed by atoms with Crippen LogP contribution in [0, 0.1) is 6.92 Å². The Labute approximate surface area is 122 Å². The summed E-state index contributed by atoms with van der Waals surface area (Å²) in [5.41, 5.74) is 3.45. The van der Waals surface area contributed by atoms with E-state index in [4.69, 9.17) is 34.8 Å². The van der Waals surface area contributed by atoms with Gasteiger partial charge in [0.1, 0.15) is 0 Å². The van der Waals surface area contributed by atoms with Gasteiger partial charge in [0.15, 0.2) is 0 Å². The van der Waals surface area contributed by atoms with Crippen molar-refractivity contribution in [2.45, 2.75) is 18.7 Å². The molecule has 0 saturated heterocycles. The maximum Gasteiger partial charge on any atom is 0.0628 e. The van der Waals surface area contributed by atoms with Gasteiger partial charge in [-0.05, 0) is 42.2 Å². The molecule has 0 amide bonds. The lowest BCUT2D eigenvalue weighted by atomic mass is 10.0. The van der Waals surface area contributed by atoms with Gasteiger partial charge in [-0.25, -0.2) is 0 Å². The average Bonchev–Trinajstić information content (AvgIpc) is 2.34. The zero-order valence-corrected chi connectivity index (χ0v) is 12.2. The Kier molecular flexibility index (Phi) is 4.55. The number of rotatable bonds is 3. The molecule has 94 valence electrons. The molecule has 0 aliphatic heterocycles. The van der Waals surface area contributed by atoms with E-state index in [1.807, 2.05) is 24.3 Å². The van der Waals surface area contributed by atoms with Gasteiger partial charge >= 0.3 is 0 Å². The summed E-state index contributed by atoms with van der Waals surface area (Å²) in [6.45, 7) is 2.07. The predicted octanol–water partition coefficient (Wildman–Crippen LogP) is 5.82. The highest BCUT2D eigenvalue weighted by Crippen LogP contribution is 2.30. The van der Waals surface area contributed by atoms with Crippen molar-refractivity contribution in [1.29, 1.82) is 0 Å². The molecule has 0 heterocycles. The summed E-state index contributed by atoms with van der Waals surface area (Å²) in [5.74, 6) is 0. The van der Waals surface area contributed by atoms with Crippen molar-refractivity contribution in [3.05, 3.63) is 69.2 Å². The van der Waals surface area contributed by atoms with Crippen molar-refractivity contribution in [2.75, 3.05) is 0 Å². The van der Waals surface area contributed by atoms with E-state index in [-0.39, 0.29) is 5.38 Å². The molecule has 0 aliphatic rings. The summed E-state index contributed by atoms with van der Waals surface area (Å²) >= 11 is 18.4. The van der Waals surface area contributed by atoms with E-state index in [1.165, 1.54) is 5.56 Å². The van der Waals surface area contributed by atoms with Gasteiger partial charge in [-0.2, -0.15) is 0 Å². The molecular weight excluding hydrogens is 287 g/mol. The molecule has 0 radical (unpaired) electrons. The topological polar surface area (TPSA) is 0 Å². The summed E-state index contributed by atoms with van der Waals surface area (Å²) in [5, 5.41) is 1.09. The van der Waals surface area contributed by atoms with Gasteiger partial charge in [0.2, 0.25) is 0 Å². The van der Waals surface area contributed by atoms with Crippen LogP contribution < -0.4 is 0 Å². The molecule has 3 heteroatoms. The Balaban J connectivity index is 2.19. The minimum Gasteiger partial charge on any atom is -0.117 e. The van der Waals surface area contributed by atoms with Crippen LogP contribution in [0.3, 0.4) is 0 Å². The van der Waals surface area contributed by atoms with Crippen LogP contribution >= 0.6 is 34.8 Å². The maximum atomic E-state index is 6.46. The molecule has 0 bridgehead atoms. The van der Waals surface area contributed by atoms with Crippen molar-refractivity contribution in [2.24, 2.45) is 0 Å². The van der Waals surface area contributed by atoms with E-state index in [9.17, 15) is 0 Å². The van der Waals surface area contributed by atoms with Crippen LogP contribution in [-0.2, 0) is 6.42 Å². The molecule has 0 N–H and O–H groups in total. The first-order valence-electron chi connectivity index (χ1n) is 5.71. The monoisotopic (exact) mass is 298 g/mol. The Hall–Kier alpha value is -0.690. The van der Waals surface area contributed by atoms with Gasteiger partial charge in [0.05, 0.1) is 15.4 Å². The molecule has 0 aliphatic carbocycles. The molecule has 0 fully saturated rings. The summed E-state index contributed by atoms with van der Waals surface area (Å²) in [7, 11) is 0. The molecular formula is C15H13Cl3. The highest BCUT2D eigenvalue weighted by molar-refractivity contribution is 6.42. The zero-order valence-electron chi connectivity index (χ0n) is 9.96. The number of benzene rings is 2. The van der Waals surface area contributed by atoms with Crippen LogP contribution in [0.15, 0.2) is 42.5 Å². The van der Waals surface area contributed by atoms with E-state index < -0.39 is 0 Å². The fourth-order valence-corrected chi connectivity index (χ4v) is 2.67. The third-order valence-corrected chi connectivity index (χ3v) is 4.05. The van der Waals surface area contributed by atoms with E-state index in [2.05, 4.69) is 19.1 Å². The Bertz CT molecular complexity index is 549. The zero-order chi connectivity index (χ0) is 13.1. The standard InChI is InChI=1S/C15H13Cl3/c1-10-4-2-3-5-12(10)14(17)8-11-6-7-13(16)15(18)9-11/h2-7,9,14H,8H2,1H3. The molecule has 1 unspecified atom stereocenters. The van der Waals surface area contributed by atoms with Gasteiger partial charge in [-0.1, -0.05) is 53.5 Å². The molecule has 18 heavy (non-hydrogen) atoms. The third kappa shape index (κ3) is 3.20. The normalized spacial score (nSPS) is 12.4. The van der Waals surface area contributed by atoms with Crippen LogP contribution in [0.25, 0.3) is 0 Å². The van der Waals surface area contributed by atoms with Crippen LogP contribution in [-0.4, -0.2) is 0 Å². The predicted molar refractivity (Wildman–Crippen MR) is 79.9 cm³/mol. The van der Waals surface area contributed by atoms with E-state index in [0.29, 0.717) is 10.0 Å². The van der Waals surface area contributed by atoms with Crippen LogP contribution in [0.1, 0.15) is 22.1 Å². The van der Waals surface area contributed by atoms with Gasteiger partial charge in [-0.3, -0.25) is 0 Å². The molecule has 0 spiro atoms. The minimum atomic E-state index is -0.0524. The summed E-state index contributed by atoms with van der Waals surface area (Å²) < 4.78 is 0. The van der Waals surface area contributed by atoms with Crippen molar-refractivity contribution in [1.82, 2.24) is 0 Å². The number of hydrogen-bond donors (Lipinski definition) is 0. The Morgan fingerprint density at radius 1 is 1.00 bits per heavy atom. The largest absolute Gasteiger partial charge is 0.117 e. The Morgan fingerprint density at radius 3 is 2.39 bits per heavy atom. The van der Waals surface area contributed by atoms with Crippen molar-refractivity contribution < 1.29 is 0 Å². The summed E-state index contributed by atoms with van der Waals surface area (Å²) in [6.07, 6.45) is 0.739. The second kappa shape index (κ2) is 5.97. The molecule has 0 aromatic heterocycles. The molecule has 0 saturated carbocycles. The van der Waals surface area contributed by atoms with E-state index in [0.717, 1.165) is 17.5 Å². The average molecular weight is 300 g/mol. The molecule has 2 aromatic rings. The van der Waals surface area contributed by atoms with Crippen molar-refractivity contribution in [3.8, 4) is 0 Å². The second-order valence-electron chi connectivity index (χ2n) is 4.28. The first-order valence-corrected chi connectivity index (χ1v) is 6.90. The van der Waals surface area contributed by atoms with E-state index in [1.54, 1.807) is 6.07 Å². The summed E-state index contributed by atoms with van der Waals surface area (Å²) in [6, 6.07) is 13.8. The molecule has 1 atom stereocenters. The second-order valence-corrected chi connectivity index (χ2v) is 5.62. The van der Waals surface area contributed by atoms with Crippen molar-refractivity contribution in [3.63, 3.8) is 0 Å². The highest BCUT2D eigenvalue weighted by atomic mass is 35.5. The lowest BCUT2D eigenvalue weighted by molar-refractivity contribution is 0.910. The number of aryl methyl sites for hydroxylation is 1. The number of hydrogen-bond acceptors (Lipinski definition) is 0. The van der Waals surface area contributed by atoms with Gasteiger partial charge in [0.25, 0.3) is 0 Å². The van der Waals surface area contributed by atoms with Crippen LogP contribution in [0.5, 0.6) is 0 Å². The lowest BCUT2D eigenvalue weighted by Crippen LogP contribution is -1.98. The van der Waals surface area contributed by atoms with Crippen LogP contribution in [0.2, 0.25) is 10.0 Å². The van der Waals surface area contributed by atoms with Gasteiger partial charge < -0.3 is 0 Å². The third-order valence-electron chi connectivity index (χ3n) is 2.92. The quantitative estimate of drug-likeness (QED) is 0.626. The number of halogens is 3. The number of alkyl halides is 1. The minimum absolute atomic E-state index is 0.0524. The molecule has 2 rings (SSSR count). The Morgan fingerprint density at radius 2 is 1.72 bits per heavy atom. The first-order chi connectivity index (χ1) is 8.58. The SMILES string of the molecule is Cc1ccccc1C(Cl)Cc1ccc(Cl)c(Cl)c1. The molecule has 2 aromatic carbocycles. The van der Waals surface area contributed by atoms with Crippen LogP contribution in [0.4, 0.5) is 0 Å². The first kappa shape index (κ1) is 13.7. The fourth-order valence-electron chi connectivity index (χ4n) is 1.92. The summed E-state index contributed by atoms with van der Waals surface area (Å²) in [4.78, 5) is 0. The fraction of sp³-hybridized carbons (Fsp3) is 0.200. The van der Waals surface area contributed by atoms with Gasteiger partial charge in [-0.15, -0.1) is 11.6 Å². The van der Waals surface area contributed by atoms with Crippen molar-refractivity contribution >= 4 is 34.8 Å². The molecule has 0 nitrogen and oxygen atoms in total. The smallest absolute Gasteiger partial charge is 0.0628 e. The highest BCUT2D eigenvalue weighted by Gasteiger charge is 2.11. The maximum absolute atomic E-state index is 6.46. The van der Waals surface area contributed by atoms with E-state index >= 15 is 0 Å². The lowest BCUT2D eigenvalue weighted by Gasteiger charge is -2.13.